The third-order valence-electron chi connectivity index (χ3n) is 2.33. The first-order chi connectivity index (χ1) is 6.63. The molecule has 1 unspecified atom stereocenters. The first-order valence-electron chi connectivity index (χ1n) is 4.92. The Morgan fingerprint density at radius 1 is 1.50 bits per heavy atom. The van der Waals surface area contributed by atoms with Crippen LogP contribution in [0.15, 0.2) is 18.2 Å². The Balaban J connectivity index is 2.59. The third kappa shape index (κ3) is 3.11. The molecule has 14 heavy (non-hydrogen) atoms. The second-order valence-electron chi connectivity index (χ2n) is 3.63. The van der Waals surface area contributed by atoms with Crippen molar-refractivity contribution in [3.8, 4) is 0 Å². The molecule has 0 fully saturated rings. The molecule has 3 N–H and O–H groups in total. The molecule has 2 nitrogen and oxygen atoms in total. The molecule has 0 spiro atoms. The Labute approximate surface area is 90.4 Å². The average Bonchev–Trinajstić information content (AvgIpc) is 2.16. The Bertz CT molecular complexity index is 299. The van der Waals surface area contributed by atoms with Gasteiger partial charge in [-0.3, -0.25) is 0 Å². The van der Waals surface area contributed by atoms with Crippen LogP contribution < -0.4 is 11.1 Å². The highest BCUT2D eigenvalue weighted by atomic mass is 35.5. The van der Waals surface area contributed by atoms with Gasteiger partial charge in [0.2, 0.25) is 0 Å². The van der Waals surface area contributed by atoms with Gasteiger partial charge in [-0.15, -0.1) is 0 Å². The summed E-state index contributed by atoms with van der Waals surface area (Å²) in [7, 11) is 0. The van der Waals surface area contributed by atoms with Crippen molar-refractivity contribution >= 4 is 23.0 Å². The molecule has 1 aromatic rings. The van der Waals surface area contributed by atoms with E-state index in [1.807, 2.05) is 12.1 Å². The van der Waals surface area contributed by atoms with Gasteiger partial charge in [0.25, 0.3) is 0 Å². The lowest BCUT2D eigenvalue weighted by Gasteiger charge is -2.12. The van der Waals surface area contributed by atoms with Gasteiger partial charge >= 0.3 is 0 Å². The maximum Gasteiger partial charge on any atom is 0.0657 e. The van der Waals surface area contributed by atoms with E-state index in [1.165, 1.54) is 6.42 Å². The number of hydrogen-bond donors (Lipinski definition) is 2. The minimum atomic E-state index is 0.656. The molecule has 0 aromatic heterocycles. The fourth-order valence-electron chi connectivity index (χ4n) is 1.10. The molecular weight excluding hydrogens is 196 g/mol. The summed E-state index contributed by atoms with van der Waals surface area (Å²) >= 11 is 6.01. The molecule has 3 heteroatoms. The summed E-state index contributed by atoms with van der Waals surface area (Å²) in [5.74, 6) is 0.656. The van der Waals surface area contributed by atoms with Crippen LogP contribution in [0.25, 0.3) is 0 Å². The summed E-state index contributed by atoms with van der Waals surface area (Å²) in [5, 5.41) is 3.99. The lowest BCUT2D eigenvalue weighted by molar-refractivity contribution is 0.593. The fourth-order valence-corrected chi connectivity index (χ4v) is 1.36. The molecule has 0 bridgehead atoms. The summed E-state index contributed by atoms with van der Waals surface area (Å²) in [6.45, 7) is 5.33. The van der Waals surface area contributed by atoms with Gasteiger partial charge in [-0.2, -0.15) is 0 Å². The normalized spacial score (nSPS) is 12.5. The Morgan fingerprint density at radius 2 is 2.21 bits per heavy atom. The van der Waals surface area contributed by atoms with E-state index in [0.29, 0.717) is 16.6 Å². The quantitative estimate of drug-likeness (QED) is 0.751. The van der Waals surface area contributed by atoms with Crippen LogP contribution in [0.2, 0.25) is 5.02 Å². The van der Waals surface area contributed by atoms with Gasteiger partial charge in [-0.25, -0.2) is 0 Å². The molecule has 0 amide bonds. The molecular formula is C11H17ClN2. The van der Waals surface area contributed by atoms with E-state index in [9.17, 15) is 0 Å². The van der Waals surface area contributed by atoms with E-state index in [1.54, 1.807) is 6.07 Å². The van der Waals surface area contributed by atoms with Crippen molar-refractivity contribution in [3.05, 3.63) is 23.2 Å². The summed E-state index contributed by atoms with van der Waals surface area (Å²) in [5.41, 5.74) is 7.26. The van der Waals surface area contributed by atoms with Crippen molar-refractivity contribution in [2.45, 2.75) is 20.3 Å². The number of rotatable bonds is 4. The van der Waals surface area contributed by atoms with Crippen LogP contribution in [0.5, 0.6) is 0 Å². The highest BCUT2D eigenvalue weighted by molar-refractivity contribution is 6.33. The van der Waals surface area contributed by atoms with E-state index in [4.69, 9.17) is 17.3 Å². The van der Waals surface area contributed by atoms with Crippen LogP contribution in [0.1, 0.15) is 20.3 Å². The lowest BCUT2D eigenvalue weighted by Crippen LogP contribution is -2.10. The monoisotopic (exact) mass is 212 g/mol. The standard InChI is InChI=1S/C11H17ClN2/c1-3-8(2)7-14-11-5-4-9(13)6-10(11)12/h4-6,8,14H,3,7,13H2,1-2H3. The minimum Gasteiger partial charge on any atom is -0.399 e. The maximum absolute atomic E-state index is 6.01. The number of nitrogens with one attached hydrogen (secondary N) is 1. The zero-order chi connectivity index (χ0) is 10.6. The summed E-state index contributed by atoms with van der Waals surface area (Å²) in [6, 6.07) is 5.53. The number of anilines is 2. The SMILES string of the molecule is CCC(C)CNc1ccc(N)cc1Cl. The van der Waals surface area contributed by atoms with Gasteiger partial charge in [-0.05, 0) is 24.1 Å². The number of halogens is 1. The second-order valence-corrected chi connectivity index (χ2v) is 4.04. The van der Waals surface area contributed by atoms with Crippen LogP contribution >= 0.6 is 11.6 Å². The van der Waals surface area contributed by atoms with Crippen molar-refractivity contribution in [2.24, 2.45) is 5.92 Å². The van der Waals surface area contributed by atoms with Crippen molar-refractivity contribution < 1.29 is 0 Å². The van der Waals surface area contributed by atoms with Gasteiger partial charge < -0.3 is 11.1 Å². The summed E-state index contributed by atoms with van der Waals surface area (Å²) in [6.07, 6.45) is 1.17. The average molecular weight is 213 g/mol. The first kappa shape index (κ1) is 11.2. The molecule has 0 radical (unpaired) electrons. The van der Waals surface area contributed by atoms with E-state index < -0.39 is 0 Å². The smallest absolute Gasteiger partial charge is 0.0657 e. The maximum atomic E-state index is 6.01. The zero-order valence-electron chi connectivity index (χ0n) is 8.68. The third-order valence-corrected chi connectivity index (χ3v) is 2.64. The Kier molecular flexibility index (Phi) is 4.08. The van der Waals surface area contributed by atoms with Crippen molar-refractivity contribution in [2.75, 3.05) is 17.6 Å². The fraction of sp³-hybridized carbons (Fsp3) is 0.455. The molecule has 0 saturated carbocycles. The Hall–Kier alpha value is -0.890. The molecule has 1 atom stereocenters. The second kappa shape index (κ2) is 5.11. The van der Waals surface area contributed by atoms with Crippen LogP contribution in [0.3, 0.4) is 0 Å². The summed E-state index contributed by atoms with van der Waals surface area (Å²) < 4.78 is 0. The van der Waals surface area contributed by atoms with Crippen molar-refractivity contribution in [1.82, 2.24) is 0 Å². The molecule has 0 aliphatic heterocycles. The molecule has 78 valence electrons. The van der Waals surface area contributed by atoms with Crippen molar-refractivity contribution in [1.29, 1.82) is 0 Å². The minimum absolute atomic E-state index is 0.656. The molecule has 1 aromatic carbocycles. The zero-order valence-corrected chi connectivity index (χ0v) is 9.43. The van der Waals surface area contributed by atoms with Crippen molar-refractivity contribution in [3.63, 3.8) is 0 Å². The lowest BCUT2D eigenvalue weighted by atomic mass is 10.1. The van der Waals surface area contributed by atoms with Gasteiger partial charge in [-0.1, -0.05) is 31.9 Å². The van der Waals surface area contributed by atoms with E-state index in [0.717, 1.165) is 12.2 Å². The van der Waals surface area contributed by atoms with E-state index >= 15 is 0 Å². The Morgan fingerprint density at radius 3 is 2.79 bits per heavy atom. The topological polar surface area (TPSA) is 38.0 Å². The summed E-state index contributed by atoms with van der Waals surface area (Å²) in [4.78, 5) is 0. The molecule has 0 aliphatic rings. The van der Waals surface area contributed by atoms with Crippen LogP contribution in [-0.2, 0) is 0 Å². The molecule has 0 heterocycles. The van der Waals surface area contributed by atoms with Gasteiger partial charge in [0.05, 0.1) is 10.7 Å². The first-order valence-corrected chi connectivity index (χ1v) is 5.30. The van der Waals surface area contributed by atoms with Crippen LogP contribution in [0, 0.1) is 5.92 Å². The number of benzene rings is 1. The van der Waals surface area contributed by atoms with Gasteiger partial charge in [0.15, 0.2) is 0 Å². The molecule has 0 saturated heterocycles. The van der Waals surface area contributed by atoms with E-state index in [-0.39, 0.29) is 0 Å². The van der Waals surface area contributed by atoms with Gasteiger partial charge in [0, 0.05) is 12.2 Å². The van der Waals surface area contributed by atoms with Crippen LogP contribution in [0.4, 0.5) is 11.4 Å². The number of hydrogen-bond acceptors (Lipinski definition) is 2. The number of nitrogen functional groups attached to an aromatic ring is 1. The highest BCUT2D eigenvalue weighted by Crippen LogP contribution is 2.24. The number of nitrogens with two attached hydrogens (primary N) is 1. The molecule has 1 rings (SSSR count). The molecule has 0 aliphatic carbocycles. The highest BCUT2D eigenvalue weighted by Gasteiger charge is 2.02. The predicted octanol–water partition coefficient (Wildman–Crippen LogP) is 3.38. The largest absolute Gasteiger partial charge is 0.399 e. The van der Waals surface area contributed by atoms with Gasteiger partial charge in [0.1, 0.15) is 0 Å². The van der Waals surface area contributed by atoms with Crippen LogP contribution in [-0.4, -0.2) is 6.54 Å². The predicted molar refractivity (Wildman–Crippen MR) is 63.8 cm³/mol. The van der Waals surface area contributed by atoms with E-state index in [2.05, 4.69) is 19.2 Å².